The highest BCUT2D eigenvalue weighted by Crippen LogP contribution is 2.23. The van der Waals surface area contributed by atoms with Crippen LogP contribution in [0.5, 0.6) is 0 Å². The van der Waals surface area contributed by atoms with Gasteiger partial charge in [-0.3, -0.25) is 9.59 Å². The molecule has 8 heteroatoms. The van der Waals surface area contributed by atoms with Crippen molar-refractivity contribution in [1.82, 2.24) is 9.88 Å². The van der Waals surface area contributed by atoms with E-state index in [1.807, 2.05) is 0 Å². The van der Waals surface area contributed by atoms with Crippen molar-refractivity contribution in [1.29, 1.82) is 0 Å². The predicted molar refractivity (Wildman–Crippen MR) is 81.5 cm³/mol. The number of benzene rings is 1. The number of pyridine rings is 1. The second-order valence-corrected chi connectivity index (χ2v) is 5.40. The fourth-order valence-electron chi connectivity index (χ4n) is 2.11. The fourth-order valence-corrected chi connectivity index (χ4v) is 2.44. The van der Waals surface area contributed by atoms with E-state index in [-0.39, 0.29) is 27.0 Å². The van der Waals surface area contributed by atoms with E-state index < -0.39 is 24.5 Å². The summed E-state index contributed by atoms with van der Waals surface area (Å²) in [7, 11) is 0. The first-order chi connectivity index (χ1) is 11.0. The van der Waals surface area contributed by atoms with Gasteiger partial charge in [-0.1, -0.05) is 35.3 Å². The van der Waals surface area contributed by atoms with Crippen LogP contribution in [0.25, 0.3) is 0 Å². The second-order valence-electron chi connectivity index (χ2n) is 4.61. The molecule has 1 aliphatic heterocycles. The summed E-state index contributed by atoms with van der Waals surface area (Å²) in [6.45, 7) is -0.532. The fraction of sp³-hybridized carbons (Fsp3) is 0.0667. The van der Waals surface area contributed by atoms with Crippen molar-refractivity contribution in [3.05, 3.63) is 63.4 Å². The summed E-state index contributed by atoms with van der Waals surface area (Å²) in [5, 5.41) is 0.129. The van der Waals surface area contributed by atoms with E-state index in [2.05, 4.69) is 4.98 Å². The summed E-state index contributed by atoms with van der Waals surface area (Å²) in [6, 6.07) is 9.18. The summed E-state index contributed by atoms with van der Waals surface area (Å²) < 4.78 is 4.96. The van der Waals surface area contributed by atoms with E-state index in [0.29, 0.717) is 0 Å². The lowest BCUT2D eigenvalue weighted by atomic mass is 10.1. The molecule has 23 heavy (non-hydrogen) atoms. The zero-order valence-electron chi connectivity index (χ0n) is 11.5. The number of carbonyl (C=O) groups is 3. The molecule has 2 amide bonds. The van der Waals surface area contributed by atoms with Crippen LogP contribution in [-0.2, 0) is 4.74 Å². The minimum atomic E-state index is -0.881. The number of amides is 2. The number of aromatic nitrogens is 1. The molecule has 0 bridgehead atoms. The number of carbonyl (C=O) groups excluding carboxylic acids is 3. The predicted octanol–water partition coefficient (Wildman–Crippen LogP) is 2.80. The molecule has 0 saturated carbocycles. The molecule has 0 unspecified atom stereocenters. The number of esters is 1. The molecule has 2 heterocycles. The average Bonchev–Trinajstić information content (AvgIpc) is 2.79. The van der Waals surface area contributed by atoms with Gasteiger partial charge in [0.1, 0.15) is 5.15 Å². The molecule has 0 radical (unpaired) electrons. The van der Waals surface area contributed by atoms with E-state index in [0.717, 1.165) is 4.90 Å². The number of imide groups is 1. The van der Waals surface area contributed by atoms with E-state index >= 15 is 0 Å². The van der Waals surface area contributed by atoms with Gasteiger partial charge in [0.2, 0.25) is 0 Å². The topological polar surface area (TPSA) is 76.6 Å². The molecule has 6 nitrogen and oxygen atoms in total. The lowest BCUT2D eigenvalue weighted by molar-refractivity contribution is 0.0223. The monoisotopic (exact) mass is 350 g/mol. The number of hydrogen-bond acceptors (Lipinski definition) is 5. The molecule has 0 aliphatic carbocycles. The van der Waals surface area contributed by atoms with Crippen molar-refractivity contribution in [2.75, 3.05) is 6.73 Å². The summed E-state index contributed by atoms with van der Waals surface area (Å²) in [5.41, 5.74) is 0.357. The van der Waals surface area contributed by atoms with Gasteiger partial charge in [0.25, 0.3) is 11.8 Å². The standard InChI is InChI=1S/C15H8Cl2N2O4/c16-10-5-6-11(17)18-12(10)15(22)23-7-19-13(20)8-3-1-2-4-9(8)14(19)21/h1-6H,7H2. The smallest absolute Gasteiger partial charge is 0.360 e. The number of halogens is 2. The summed E-state index contributed by atoms with van der Waals surface area (Å²) in [6.07, 6.45) is 0. The third-order valence-electron chi connectivity index (χ3n) is 3.21. The number of fused-ring (bicyclic) bond motifs is 1. The molecule has 0 fully saturated rings. The van der Waals surface area contributed by atoms with Gasteiger partial charge in [-0.2, -0.15) is 0 Å². The van der Waals surface area contributed by atoms with Gasteiger partial charge in [0.05, 0.1) is 16.1 Å². The Morgan fingerprint density at radius 2 is 1.65 bits per heavy atom. The zero-order valence-corrected chi connectivity index (χ0v) is 13.0. The van der Waals surface area contributed by atoms with Crippen molar-refractivity contribution >= 4 is 41.0 Å². The van der Waals surface area contributed by atoms with Crippen LogP contribution >= 0.6 is 23.2 Å². The van der Waals surface area contributed by atoms with Crippen LogP contribution in [0.1, 0.15) is 31.2 Å². The van der Waals surface area contributed by atoms with E-state index in [1.165, 1.54) is 24.3 Å². The molecule has 1 aromatic carbocycles. The molecule has 1 aromatic heterocycles. The lowest BCUT2D eigenvalue weighted by Crippen LogP contribution is -2.33. The lowest BCUT2D eigenvalue weighted by Gasteiger charge is -2.14. The molecule has 0 saturated heterocycles. The van der Waals surface area contributed by atoms with Crippen molar-refractivity contribution in [3.8, 4) is 0 Å². The van der Waals surface area contributed by atoms with E-state index in [4.69, 9.17) is 27.9 Å². The van der Waals surface area contributed by atoms with Crippen LogP contribution in [0.4, 0.5) is 0 Å². The minimum Gasteiger partial charge on any atom is -0.439 e. The summed E-state index contributed by atoms with van der Waals surface area (Å²) >= 11 is 11.5. The molecule has 0 N–H and O–H groups in total. The Hall–Kier alpha value is -2.44. The molecule has 0 spiro atoms. The first kappa shape index (κ1) is 15.5. The quantitative estimate of drug-likeness (QED) is 0.483. The summed E-state index contributed by atoms with van der Waals surface area (Å²) in [4.78, 5) is 40.8. The van der Waals surface area contributed by atoms with Gasteiger partial charge in [-0.15, -0.1) is 0 Å². The first-order valence-corrected chi connectivity index (χ1v) is 7.19. The van der Waals surface area contributed by atoms with Crippen LogP contribution in [0.15, 0.2) is 36.4 Å². The summed E-state index contributed by atoms with van der Waals surface area (Å²) in [5.74, 6) is -1.93. The molecule has 116 valence electrons. The highest BCUT2D eigenvalue weighted by Gasteiger charge is 2.36. The van der Waals surface area contributed by atoms with E-state index in [1.54, 1.807) is 12.1 Å². The maximum atomic E-state index is 12.1. The molecule has 0 atom stereocenters. The van der Waals surface area contributed by atoms with Gasteiger partial charge in [-0.05, 0) is 24.3 Å². The Labute approximate surface area is 140 Å². The Bertz CT molecular complexity index is 803. The number of hydrogen-bond donors (Lipinski definition) is 0. The van der Waals surface area contributed by atoms with Gasteiger partial charge in [0, 0.05) is 0 Å². The zero-order chi connectivity index (χ0) is 16.6. The Morgan fingerprint density at radius 1 is 1.04 bits per heavy atom. The molecular formula is C15H8Cl2N2O4. The van der Waals surface area contributed by atoms with Gasteiger partial charge < -0.3 is 4.74 Å². The largest absolute Gasteiger partial charge is 0.439 e. The molecule has 3 rings (SSSR count). The third-order valence-corrected chi connectivity index (χ3v) is 3.72. The van der Waals surface area contributed by atoms with Crippen LogP contribution in [0, 0.1) is 0 Å². The minimum absolute atomic E-state index is 0.0572. The normalized spacial score (nSPS) is 13.2. The molecule has 2 aromatic rings. The highest BCUT2D eigenvalue weighted by molar-refractivity contribution is 6.34. The highest BCUT2D eigenvalue weighted by atomic mass is 35.5. The first-order valence-electron chi connectivity index (χ1n) is 6.43. The number of ether oxygens (including phenoxy) is 1. The van der Waals surface area contributed by atoms with Crippen LogP contribution < -0.4 is 0 Å². The SMILES string of the molecule is O=C(OCN1C(=O)c2ccccc2C1=O)c1nc(Cl)ccc1Cl. The van der Waals surface area contributed by atoms with Crippen molar-refractivity contribution < 1.29 is 19.1 Å². The molecule has 1 aliphatic rings. The van der Waals surface area contributed by atoms with Crippen LogP contribution in [0.2, 0.25) is 10.2 Å². The van der Waals surface area contributed by atoms with Gasteiger partial charge in [0.15, 0.2) is 12.4 Å². The maximum absolute atomic E-state index is 12.1. The average molecular weight is 351 g/mol. The number of rotatable bonds is 3. The Balaban J connectivity index is 1.75. The van der Waals surface area contributed by atoms with Gasteiger partial charge in [-0.25, -0.2) is 14.7 Å². The van der Waals surface area contributed by atoms with Crippen LogP contribution in [-0.4, -0.2) is 34.4 Å². The number of nitrogens with zero attached hydrogens (tertiary/aromatic N) is 2. The third kappa shape index (κ3) is 2.78. The molecular weight excluding hydrogens is 343 g/mol. The van der Waals surface area contributed by atoms with Crippen molar-refractivity contribution in [2.45, 2.75) is 0 Å². The maximum Gasteiger partial charge on any atom is 0.360 e. The Kier molecular flexibility index (Phi) is 4.02. The van der Waals surface area contributed by atoms with Crippen LogP contribution in [0.3, 0.4) is 0 Å². The van der Waals surface area contributed by atoms with Crippen molar-refractivity contribution in [2.24, 2.45) is 0 Å². The van der Waals surface area contributed by atoms with Gasteiger partial charge >= 0.3 is 5.97 Å². The second kappa shape index (κ2) is 5.98. The van der Waals surface area contributed by atoms with E-state index in [9.17, 15) is 14.4 Å². The van der Waals surface area contributed by atoms with Crippen molar-refractivity contribution in [3.63, 3.8) is 0 Å². The Morgan fingerprint density at radius 3 is 2.26 bits per heavy atom.